The third kappa shape index (κ3) is 3.27. The highest BCUT2D eigenvalue weighted by Gasteiger charge is 2.35. The van der Waals surface area contributed by atoms with Gasteiger partial charge in [-0.3, -0.25) is 4.79 Å². The van der Waals surface area contributed by atoms with E-state index in [0.29, 0.717) is 10.7 Å². The van der Waals surface area contributed by atoms with Gasteiger partial charge in [0.1, 0.15) is 5.15 Å². The standard InChI is InChI=1S/C15H21ClN2O/c1-4-11-8-10(9-13(16)17-11)14(19)18-12-6-5-7-15(12,2)3/h8-9,12H,4-7H2,1-3H3,(H,18,19). The van der Waals surface area contributed by atoms with Gasteiger partial charge in [0.15, 0.2) is 0 Å². The van der Waals surface area contributed by atoms with Crippen molar-refractivity contribution in [3.63, 3.8) is 0 Å². The lowest BCUT2D eigenvalue weighted by molar-refractivity contribution is 0.0910. The first-order valence-electron chi connectivity index (χ1n) is 6.89. The molecule has 1 fully saturated rings. The molecule has 0 spiro atoms. The number of halogens is 1. The van der Waals surface area contributed by atoms with E-state index in [4.69, 9.17) is 11.6 Å². The second kappa shape index (κ2) is 5.49. The molecule has 0 aromatic carbocycles. The molecule has 0 saturated heterocycles. The minimum atomic E-state index is -0.0426. The quantitative estimate of drug-likeness (QED) is 0.860. The summed E-state index contributed by atoms with van der Waals surface area (Å²) in [6.07, 6.45) is 4.17. The van der Waals surface area contributed by atoms with Gasteiger partial charge in [0.25, 0.3) is 5.91 Å². The second-order valence-corrected chi connectivity index (χ2v) is 6.32. The minimum Gasteiger partial charge on any atom is -0.349 e. The molecule has 0 bridgehead atoms. The van der Waals surface area contributed by atoms with Gasteiger partial charge in [0.05, 0.1) is 0 Å². The Bertz CT molecular complexity index is 485. The molecule has 1 saturated carbocycles. The molecular weight excluding hydrogens is 260 g/mol. The van der Waals surface area contributed by atoms with Crippen molar-refractivity contribution in [3.05, 3.63) is 28.5 Å². The van der Waals surface area contributed by atoms with Crippen molar-refractivity contribution >= 4 is 17.5 Å². The molecule has 4 heteroatoms. The summed E-state index contributed by atoms with van der Waals surface area (Å²) in [6, 6.07) is 3.71. The molecule has 1 amide bonds. The molecule has 19 heavy (non-hydrogen) atoms. The second-order valence-electron chi connectivity index (χ2n) is 5.93. The zero-order chi connectivity index (χ0) is 14.0. The van der Waals surface area contributed by atoms with E-state index in [1.54, 1.807) is 6.07 Å². The molecule has 1 aliphatic rings. The normalized spacial score (nSPS) is 21.4. The number of aryl methyl sites for hydroxylation is 1. The average molecular weight is 281 g/mol. The van der Waals surface area contributed by atoms with Crippen LogP contribution >= 0.6 is 11.6 Å². The number of aromatic nitrogens is 1. The van der Waals surface area contributed by atoms with E-state index in [1.165, 1.54) is 6.42 Å². The fraction of sp³-hybridized carbons (Fsp3) is 0.600. The summed E-state index contributed by atoms with van der Waals surface area (Å²) < 4.78 is 0. The first-order valence-corrected chi connectivity index (χ1v) is 7.27. The van der Waals surface area contributed by atoms with Crippen molar-refractivity contribution < 1.29 is 4.79 Å². The molecular formula is C15H21ClN2O. The summed E-state index contributed by atoms with van der Waals surface area (Å²) in [5, 5.41) is 3.52. The van der Waals surface area contributed by atoms with Crippen molar-refractivity contribution in [2.45, 2.75) is 52.5 Å². The largest absolute Gasteiger partial charge is 0.349 e. The van der Waals surface area contributed by atoms with Crippen LogP contribution in [-0.2, 0) is 6.42 Å². The third-order valence-electron chi connectivity index (χ3n) is 4.03. The van der Waals surface area contributed by atoms with Gasteiger partial charge in [-0.05, 0) is 36.8 Å². The van der Waals surface area contributed by atoms with E-state index in [0.717, 1.165) is 25.0 Å². The summed E-state index contributed by atoms with van der Waals surface area (Å²) in [7, 11) is 0. The monoisotopic (exact) mass is 280 g/mol. The zero-order valence-corrected chi connectivity index (χ0v) is 12.5. The first kappa shape index (κ1) is 14.3. The Morgan fingerprint density at radius 3 is 2.84 bits per heavy atom. The number of carbonyl (C=O) groups excluding carboxylic acids is 1. The number of rotatable bonds is 3. The van der Waals surface area contributed by atoms with Crippen LogP contribution in [0.25, 0.3) is 0 Å². The molecule has 2 rings (SSSR count). The van der Waals surface area contributed by atoms with Crippen molar-refractivity contribution in [3.8, 4) is 0 Å². The molecule has 1 aliphatic carbocycles. The van der Waals surface area contributed by atoms with E-state index < -0.39 is 0 Å². The number of carbonyl (C=O) groups is 1. The van der Waals surface area contributed by atoms with E-state index in [-0.39, 0.29) is 17.4 Å². The maximum Gasteiger partial charge on any atom is 0.251 e. The lowest BCUT2D eigenvalue weighted by Crippen LogP contribution is -2.41. The van der Waals surface area contributed by atoms with Gasteiger partial charge in [-0.15, -0.1) is 0 Å². The maximum atomic E-state index is 12.3. The van der Waals surface area contributed by atoms with Crippen LogP contribution in [0, 0.1) is 5.41 Å². The average Bonchev–Trinajstić information content (AvgIpc) is 2.68. The third-order valence-corrected chi connectivity index (χ3v) is 4.23. The van der Waals surface area contributed by atoms with Crippen LogP contribution in [0.4, 0.5) is 0 Å². The van der Waals surface area contributed by atoms with E-state index in [1.807, 2.05) is 13.0 Å². The van der Waals surface area contributed by atoms with Gasteiger partial charge >= 0.3 is 0 Å². The molecule has 0 aliphatic heterocycles. The minimum absolute atomic E-state index is 0.0426. The van der Waals surface area contributed by atoms with Crippen LogP contribution in [0.5, 0.6) is 0 Å². The number of hydrogen-bond donors (Lipinski definition) is 1. The van der Waals surface area contributed by atoms with Crippen LogP contribution in [0.15, 0.2) is 12.1 Å². The Morgan fingerprint density at radius 1 is 1.53 bits per heavy atom. The topological polar surface area (TPSA) is 42.0 Å². The van der Waals surface area contributed by atoms with Gasteiger partial charge in [-0.2, -0.15) is 0 Å². The molecule has 1 N–H and O–H groups in total. The van der Waals surface area contributed by atoms with Crippen LogP contribution in [0.3, 0.4) is 0 Å². The number of amides is 1. The van der Waals surface area contributed by atoms with E-state index in [2.05, 4.69) is 24.1 Å². The first-order chi connectivity index (χ1) is 8.92. The molecule has 0 radical (unpaired) electrons. The highest BCUT2D eigenvalue weighted by Crippen LogP contribution is 2.37. The maximum absolute atomic E-state index is 12.3. The van der Waals surface area contributed by atoms with Crippen LogP contribution < -0.4 is 5.32 Å². The fourth-order valence-corrected chi connectivity index (χ4v) is 2.93. The molecule has 1 aromatic rings. The Morgan fingerprint density at radius 2 is 2.26 bits per heavy atom. The highest BCUT2D eigenvalue weighted by atomic mass is 35.5. The molecule has 1 aromatic heterocycles. The predicted octanol–water partition coefficient (Wildman–Crippen LogP) is 3.61. The number of hydrogen-bond acceptors (Lipinski definition) is 2. The van der Waals surface area contributed by atoms with Crippen molar-refractivity contribution in [1.82, 2.24) is 10.3 Å². The van der Waals surface area contributed by atoms with Gasteiger partial charge in [-0.1, -0.05) is 38.8 Å². The summed E-state index contributed by atoms with van der Waals surface area (Å²) in [6.45, 7) is 6.42. The Labute approximate surface area is 119 Å². The zero-order valence-electron chi connectivity index (χ0n) is 11.8. The van der Waals surface area contributed by atoms with E-state index in [9.17, 15) is 4.79 Å². The summed E-state index contributed by atoms with van der Waals surface area (Å²) in [5.74, 6) is -0.0426. The Hall–Kier alpha value is -1.09. The van der Waals surface area contributed by atoms with Crippen LogP contribution in [0.1, 0.15) is 56.1 Å². The number of pyridine rings is 1. The molecule has 1 atom stereocenters. The predicted molar refractivity (Wildman–Crippen MR) is 77.5 cm³/mol. The molecule has 1 unspecified atom stereocenters. The summed E-state index contributed by atoms with van der Waals surface area (Å²) in [4.78, 5) is 16.5. The summed E-state index contributed by atoms with van der Waals surface area (Å²) in [5.41, 5.74) is 1.64. The van der Waals surface area contributed by atoms with Crippen molar-refractivity contribution in [2.75, 3.05) is 0 Å². The Balaban J connectivity index is 2.14. The van der Waals surface area contributed by atoms with Gasteiger partial charge in [0.2, 0.25) is 0 Å². The van der Waals surface area contributed by atoms with Gasteiger partial charge < -0.3 is 5.32 Å². The lowest BCUT2D eigenvalue weighted by atomic mass is 9.87. The van der Waals surface area contributed by atoms with Crippen molar-refractivity contribution in [2.24, 2.45) is 5.41 Å². The number of nitrogens with zero attached hydrogens (tertiary/aromatic N) is 1. The van der Waals surface area contributed by atoms with E-state index >= 15 is 0 Å². The smallest absolute Gasteiger partial charge is 0.251 e. The van der Waals surface area contributed by atoms with Gasteiger partial charge in [-0.25, -0.2) is 4.98 Å². The van der Waals surface area contributed by atoms with Crippen LogP contribution in [-0.4, -0.2) is 16.9 Å². The lowest BCUT2D eigenvalue weighted by Gasteiger charge is -2.27. The highest BCUT2D eigenvalue weighted by molar-refractivity contribution is 6.29. The summed E-state index contributed by atoms with van der Waals surface area (Å²) >= 11 is 5.95. The molecule has 104 valence electrons. The molecule has 1 heterocycles. The Kier molecular flexibility index (Phi) is 4.14. The molecule has 3 nitrogen and oxygen atoms in total. The number of nitrogens with one attached hydrogen (secondary N) is 1. The van der Waals surface area contributed by atoms with Crippen molar-refractivity contribution in [1.29, 1.82) is 0 Å². The van der Waals surface area contributed by atoms with Gasteiger partial charge in [0, 0.05) is 17.3 Å². The fourth-order valence-electron chi connectivity index (χ4n) is 2.70. The SMILES string of the molecule is CCc1cc(C(=O)NC2CCCC2(C)C)cc(Cl)n1. The van der Waals surface area contributed by atoms with Crippen LogP contribution in [0.2, 0.25) is 5.15 Å².